The van der Waals surface area contributed by atoms with Gasteiger partial charge in [0.2, 0.25) is 0 Å². The molecule has 0 aliphatic rings. The lowest BCUT2D eigenvalue weighted by Gasteiger charge is -2.19. The second-order valence-corrected chi connectivity index (χ2v) is 7.65. The molecule has 0 fully saturated rings. The van der Waals surface area contributed by atoms with E-state index in [2.05, 4.69) is 5.32 Å². The number of amides is 1. The number of carbonyl (C=O) groups excluding carboxylic acids is 1. The topological polar surface area (TPSA) is 84.9 Å². The third kappa shape index (κ3) is 6.30. The fraction of sp³-hybridized carbons (Fsp3) is 0.364. The Balaban J connectivity index is 2.11. The first kappa shape index (κ1) is 21.3. The van der Waals surface area contributed by atoms with Crippen LogP contribution < -0.4 is 10.1 Å². The second-order valence-electron chi connectivity index (χ2n) is 7.65. The Morgan fingerprint density at radius 3 is 2.39 bits per heavy atom. The maximum absolute atomic E-state index is 11.7. The standard InChI is InChI=1S/C22H27NO5/c1-14-6-7-19(15(2)10-14)16-11-17(20(24)25)13-18(12-16)27-9-8-23-21(26)28-22(3,4)5/h6-7,10-13H,8-9H2,1-5H3,(H,23,26)(H,24,25). The molecule has 0 aromatic heterocycles. The Kier molecular flexibility index (Phi) is 6.67. The van der Waals surface area contributed by atoms with Crippen molar-refractivity contribution in [2.75, 3.05) is 13.2 Å². The van der Waals surface area contributed by atoms with Gasteiger partial charge in [-0.25, -0.2) is 9.59 Å². The van der Waals surface area contributed by atoms with Crippen LogP contribution in [0.2, 0.25) is 0 Å². The summed E-state index contributed by atoms with van der Waals surface area (Å²) in [5.41, 5.74) is 3.49. The van der Waals surface area contributed by atoms with Crippen molar-refractivity contribution in [2.45, 2.75) is 40.2 Å². The Labute approximate surface area is 165 Å². The molecule has 28 heavy (non-hydrogen) atoms. The van der Waals surface area contributed by atoms with Gasteiger partial charge in [-0.3, -0.25) is 0 Å². The van der Waals surface area contributed by atoms with E-state index >= 15 is 0 Å². The van der Waals surface area contributed by atoms with Gasteiger partial charge in [-0.05, 0) is 69.5 Å². The van der Waals surface area contributed by atoms with Crippen molar-refractivity contribution in [1.82, 2.24) is 5.32 Å². The maximum Gasteiger partial charge on any atom is 0.407 e. The summed E-state index contributed by atoms with van der Waals surface area (Å²) in [6.07, 6.45) is -0.522. The average molecular weight is 385 g/mol. The molecule has 0 aliphatic heterocycles. The maximum atomic E-state index is 11.7. The van der Waals surface area contributed by atoms with E-state index in [1.807, 2.05) is 32.0 Å². The Bertz CT molecular complexity index is 868. The molecule has 2 N–H and O–H groups in total. The highest BCUT2D eigenvalue weighted by Gasteiger charge is 2.16. The number of benzene rings is 2. The van der Waals surface area contributed by atoms with Crippen molar-refractivity contribution in [1.29, 1.82) is 0 Å². The number of nitrogens with one attached hydrogen (secondary N) is 1. The van der Waals surface area contributed by atoms with E-state index in [1.54, 1.807) is 32.9 Å². The van der Waals surface area contributed by atoms with Crippen molar-refractivity contribution in [3.63, 3.8) is 0 Å². The normalized spacial score (nSPS) is 11.0. The average Bonchev–Trinajstić information content (AvgIpc) is 2.57. The van der Waals surface area contributed by atoms with Crippen LogP contribution >= 0.6 is 0 Å². The van der Waals surface area contributed by atoms with Gasteiger partial charge in [0.15, 0.2) is 0 Å². The first-order chi connectivity index (χ1) is 13.0. The van der Waals surface area contributed by atoms with Crippen LogP contribution in [0.4, 0.5) is 4.79 Å². The molecule has 2 aromatic rings. The van der Waals surface area contributed by atoms with Crippen LogP contribution in [0, 0.1) is 13.8 Å². The first-order valence-electron chi connectivity index (χ1n) is 9.11. The van der Waals surface area contributed by atoms with Gasteiger partial charge in [-0.15, -0.1) is 0 Å². The van der Waals surface area contributed by atoms with E-state index in [0.717, 1.165) is 22.3 Å². The zero-order valence-corrected chi connectivity index (χ0v) is 17.0. The Morgan fingerprint density at radius 1 is 1.07 bits per heavy atom. The molecule has 6 heteroatoms. The lowest BCUT2D eigenvalue weighted by molar-refractivity contribution is 0.0520. The number of aromatic carboxylic acids is 1. The van der Waals surface area contributed by atoms with Gasteiger partial charge in [0, 0.05) is 0 Å². The third-order valence-corrected chi connectivity index (χ3v) is 3.89. The van der Waals surface area contributed by atoms with Crippen LogP contribution in [0.3, 0.4) is 0 Å². The highest BCUT2D eigenvalue weighted by molar-refractivity contribution is 5.90. The monoisotopic (exact) mass is 385 g/mol. The highest BCUT2D eigenvalue weighted by atomic mass is 16.6. The fourth-order valence-corrected chi connectivity index (χ4v) is 2.74. The molecule has 6 nitrogen and oxygen atoms in total. The fourth-order valence-electron chi connectivity index (χ4n) is 2.74. The van der Waals surface area contributed by atoms with Crippen LogP contribution in [0.25, 0.3) is 11.1 Å². The van der Waals surface area contributed by atoms with Gasteiger partial charge in [0.25, 0.3) is 0 Å². The minimum absolute atomic E-state index is 0.146. The molecular weight excluding hydrogens is 358 g/mol. The van der Waals surface area contributed by atoms with Gasteiger partial charge in [-0.2, -0.15) is 0 Å². The largest absolute Gasteiger partial charge is 0.492 e. The summed E-state index contributed by atoms with van der Waals surface area (Å²) < 4.78 is 10.8. The lowest BCUT2D eigenvalue weighted by atomic mass is 9.97. The first-order valence-corrected chi connectivity index (χ1v) is 9.11. The van der Waals surface area contributed by atoms with E-state index in [4.69, 9.17) is 9.47 Å². The predicted molar refractivity (Wildman–Crippen MR) is 108 cm³/mol. The summed E-state index contributed by atoms with van der Waals surface area (Å²) in [4.78, 5) is 23.1. The predicted octanol–water partition coefficient (Wildman–Crippen LogP) is 4.57. The number of ether oxygens (including phenoxy) is 2. The zero-order chi connectivity index (χ0) is 20.9. The quantitative estimate of drug-likeness (QED) is 0.712. The molecule has 0 bridgehead atoms. The summed E-state index contributed by atoms with van der Waals surface area (Å²) >= 11 is 0. The molecule has 0 heterocycles. The van der Waals surface area contributed by atoms with Crippen LogP contribution in [-0.4, -0.2) is 35.9 Å². The molecule has 0 atom stereocenters. The van der Waals surface area contributed by atoms with Gasteiger partial charge >= 0.3 is 12.1 Å². The molecule has 2 aromatic carbocycles. The zero-order valence-electron chi connectivity index (χ0n) is 17.0. The van der Waals surface area contributed by atoms with Crippen molar-refractivity contribution < 1.29 is 24.2 Å². The van der Waals surface area contributed by atoms with Crippen LogP contribution in [-0.2, 0) is 4.74 Å². The molecule has 0 saturated heterocycles. The number of hydrogen-bond donors (Lipinski definition) is 2. The Morgan fingerprint density at radius 2 is 1.79 bits per heavy atom. The summed E-state index contributed by atoms with van der Waals surface area (Å²) in [5, 5.41) is 12.0. The van der Waals surface area contributed by atoms with Crippen molar-refractivity contribution >= 4 is 12.1 Å². The third-order valence-electron chi connectivity index (χ3n) is 3.89. The van der Waals surface area contributed by atoms with Crippen LogP contribution in [0.5, 0.6) is 5.75 Å². The minimum Gasteiger partial charge on any atom is -0.492 e. The van der Waals surface area contributed by atoms with E-state index in [-0.39, 0.29) is 18.7 Å². The number of carbonyl (C=O) groups is 2. The van der Waals surface area contributed by atoms with Crippen molar-refractivity contribution in [2.24, 2.45) is 0 Å². The summed E-state index contributed by atoms with van der Waals surface area (Å²) in [6, 6.07) is 10.9. The van der Waals surface area contributed by atoms with E-state index in [0.29, 0.717) is 5.75 Å². The van der Waals surface area contributed by atoms with Gasteiger partial charge in [0.1, 0.15) is 18.0 Å². The lowest BCUT2D eigenvalue weighted by Crippen LogP contribution is -2.34. The number of carboxylic acids is 1. The number of alkyl carbamates (subject to hydrolysis) is 1. The summed E-state index contributed by atoms with van der Waals surface area (Å²) in [6.45, 7) is 9.79. The molecule has 0 radical (unpaired) electrons. The molecule has 0 aliphatic carbocycles. The van der Waals surface area contributed by atoms with Gasteiger partial charge in [-0.1, -0.05) is 23.8 Å². The van der Waals surface area contributed by atoms with Crippen LogP contribution in [0.1, 0.15) is 42.3 Å². The molecule has 0 spiro atoms. The minimum atomic E-state index is -1.02. The van der Waals surface area contributed by atoms with E-state index in [1.165, 1.54) is 6.07 Å². The number of rotatable bonds is 6. The van der Waals surface area contributed by atoms with E-state index < -0.39 is 17.7 Å². The molecule has 1 amide bonds. The second kappa shape index (κ2) is 8.78. The number of aryl methyl sites for hydroxylation is 2. The molecular formula is C22H27NO5. The van der Waals surface area contributed by atoms with Gasteiger partial charge < -0.3 is 19.9 Å². The van der Waals surface area contributed by atoms with Gasteiger partial charge in [0.05, 0.1) is 12.1 Å². The number of hydrogen-bond acceptors (Lipinski definition) is 4. The SMILES string of the molecule is Cc1ccc(-c2cc(OCCNC(=O)OC(C)(C)C)cc(C(=O)O)c2)c(C)c1. The van der Waals surface area contributed by atoms with Crippen LogP contribution in [0.15, 0.2) is 36.4 Å². The Hall–Kier alpha value is -3.02. The van der Waals surface area contributed by atoms with Crippen molar-refractivity contribution in [3.8, 4) is 16.9 Å². The summed E-state index contributed by atoms with van der Waals surface area (Å²) in [5.74, 6) is -0.593. The summed E-state index contributed by atoms with van der Waals surface area (Å²) in [7, 11) is 0. The highest BCUT2D eigenvalue weighted by Crippen LogP contribution is 2.29. The smallest absolute Gasteiger partial charge is 0.407 e. The molecule has 0 unspecified atom stereocenters. The molecule has 0 saturated carbocycles. The number of carboxylic acid groups (broad SMARTS) is 1. The van der Waals surface area contributed by atoms with Crippen molar-refractivity contribution in [3.05, 3.63) is 53.1 Å². The van der Waals surface area contributed by atoms with E-state index in [9.17, 15) is 14.7 Å². The molecule has 2 rings (SSSR count). The molecule has 150 valence electrons.